The highest BCUT2D eigenvalue weighted by Gasteiger charge is 2.39. The summed E-state index contributed by atoms with van der Waals surface area (Å²) >= 11 is 0. The standard InChI is InChI=1S/C25H24N2O5S/c1-17-6-9-21(10-7-17)33(29,30)27-16-19-5-3-2-4-18(19)14-22(27)25(28)26-20-8-11-23-24(15-20)32-13-12-31-23/h2-11,15,22H,12-14,16H2,1H3,(H,26,28)/t22-/m0/s1. The normalized spacial score (nSPS) is 17.8. The summed E-state index contributed by atoms with van der Waals surface area (Å²) in [5, 5.41) is 2.87. The molecule has 0 aliphatic carbocycles. The number of hydrogen-bond donors (Lipinski definition) is 1. The SMILES string of the molecule is Cc1ccc(S(=O)(=O)N2Cc3ccccc3C[C@H]2C(=O)Nc2ccc3c(c2)OCCO3)cc1. The number of amides is 1. The van der Waals surface area contributed by atoms with Crippen LogP contribution in [0.5, 0.6) is 11.5 Å². The van der Waals surface area contributed by atoms with Gasteiger partial charge >= 0.3 is 0 Å². The summed E-state index contributed by atoms with van der Waals surface area (Å²) in [5.41, 5.74) is 3.35. The summed E-state index contributed by atoms with van der Waals surface area (Å²) in [5.74, 6) is 0.781. The summed E-state index contributed by atoms with van der Waals surface area (Å²) in [4.78, 5) is 13.6. The lowest BCUT2D eigenvalue weighted by molar-refractivity contribution is -0.120. The number of anilines is 1. The number of ether oxygens (including phenoxy) is 2. The predicted octanol–water partition coefficient (Wildman–Crippen LogP) is 3.52. The first-order valence-electron chi connectivity index (χ1n) is 10.8. The number of nitrogens with zero attached hydrogens (tertiary/aromatic N) is 1. The molecule has 2 aliphatic rings. The largest absolute Gasteiger partial charge is 0.486 e. The van der Waals surface area contributed by atoms with E-state index in [0.717, 1.165) is 16.7 Å². The lowest BCUT2D eigenvalue weighted by Crippen LogP contribution is -2.50. The van der Waals surface area contributed by atoms with Gasteiger partial charge in [-0.25, -0.2) is 8.42 Å². The molecule has 170 valence electrons. The lowest BCUT2D eigenvalue weighted by Gasteiger charge is -2.35. The summed E-state index contributed by atoms with van der Waals surface area (Å²) in [6.07, 6.45) is 0.289. The maximum Gasteiger partial charge on any atom is 0.244 e. The highest BCUT2D eigenvalue weighted by Crippen LogP contribution is 2.34. The number of fused-ring (bicyclic) bond motifs is 2. The van der Waals surface area contributed by atoms with E-state index in [1.54, 1.807) is 42.5 Å². The van der Waals surface area contributed by atoms with E-state index < -0.39 is 22.0 Å². The van der Waals surface area contributed by atoms with Gasteiger partial charge in [0.15, 0.2) is 11.5 Å². The van der Waals surface area contributed by atoms with Gasteiger partial charge in [-0.2, -0.15) is 4.31 Å². The Balaban J connectivity index is 1.47. The Morgan fingerprint density at radius 2 is 1.64 bits per heavy atom. The van der Waals surface area contributed by atoms with Gasteiger partial charge in [-0.1, -0.05) is 42.0 Å². The van der Waals surface area contributed by atoms with Crippen molar-refractivity contribution >= 4 is 21.6 Å². The van der Waals surface area contributed by atoms with E-state index in [1.165, 1.54) is 4.31 Å². The molecule has 0 bridgehead atoms. The first-order chi connectivity index (χ1) is 15.9. The molecule has 3 aromatic carbocycles. The van der Waals surface area contributed by atoms with Gasteiger partial charge < -0.3 is 14.8 Å². The molecule has 1 N–H and O–H groups in total. The molecule has 8 heteroatoms. The third-order valence-corrected chi connectivity index (χ3v) is 7.81. The molecule has 2 aliphatic heterocycles. The Bertz CT molecular complexity index is 1300. The average Bonchev–Trinajstić information content (AvgIpc) is 2.83. The number of carbonyl (C=O) groups excluding carboxylic acids is 1. The lowest BCUT2D eigenvalue weighted by atomic mass is 9.95. The molecule has 3 aromatic rings. The average molecular weight is 465 g/mol. The molecule has 0 unspecified atom stereocenters. The third kappa shape index (κ3) is 4.19. The van der Waals surface area contributed by atoms with Crippen LogP contribution in [-0.4, -0.2) is 37.9 Å². The van der Waals surface area contributed by atoms with E-state index in [1.807, 2.05) is 31.2 Å². The highest BCUT2D eigenvalue weighted by molar-refractivity contribution is 7.89. The zero-order valence-electron chi connectivity index (χ0n) is 18.2. The molecule has 0 aromatic heterocycles. The second-order valence-electron chi connectivity index (χ2n) is 8.20. The number of rotatable bonds is 4. The number of nitrogens with one attached hydrogen (secondary N) is 1. The van der Waals surface area contributed by atoms with Crippen molar-refractivity contribution in [3.05, 3.63) is 83.4 Å². The maximum absolute atomic E-state index is 13.6. The predicted molar refractivity (Wildman–Crippen MR) is 124 cm³/mol. The van der Waals surface area contributed by atoms with Crippen LogP contribution in [0.2, 0.25) is 0 Å². The molecule has 0 saturated heterocycles. The Morgan fingerprint density at radius 1 is 0.939 bits per heavy atom. The van der Waals surface area contributed by atoms with Crippen molar-refractivity contribution in [1.29, 1.82) is 0 Å². The fourth-order valence-corrected chi connectivity index (χ4v) is 5.73. The molecule has 2 heterocycles. The molecule has 33 heavy (non-hydrogen) atoms. The molecular weight excluding hydrogens is 440 g/mol. The Morgan fingerprint density at radius 3 is 2.39 bits per heavy atom. The molecule has 0 fully saturated rings. The van der Waals surface area contributed by atoms with Crippen molar-refractivity contribution in [2.75, 3.05) is 18.5 Å². The third-order valence-electron chi connectivity index (χ3n) is 5.95. The summed E-state index contributed by atoms with van der Waals surface area (Å²) in [6.45, 7) is 2.95. The first-order valence-corrected chi connectivity index (χ1v) is 12.2. The molecule has 7 nitrogen and oxygen atoms in total. The minimum Gasteiger partial charge on any atom is -0.486 e. The fraction of sp³-hybridized carbons (Fsp3) is 0.240. The zero-order valence-corrected chi connectivity index (χ0v) is 19.0. The molecule has 0 saturated carbocycles. The molecule has 0 radical (unpaired) electrons. The number of hydrogen-bond acceptors (Lipinski definition) is 5. The van der Waals surface area contributed by atoms with Crippen molar-refractivity contribution in [3.63, 3.8) is 0 Å². The Labute approximate surface area is 193 Å². The zero-order chi connectivity index (χ0) is 23.0. The quantitative estimate of drug-likeness (QED) is 0.639. The van der Waals surface area contributed by atoms with Gasteiger partial charge in [0.05, 0.1) is 4.90 Å². The van der Waals surface area contributed by atoms with Crippen molar-refractivity contribution in [1.82, 2.24) is 4.31 Å². The molecular formula is C25H24N2O5S. The minimum atomic E-state index is -3.89. The molecule has 1 amide bonds. The fourth-order valence-electron chi connectivity index (χ4n) is 4.17. The van der Waals surface area contributed by atoms with Gasteiger partial charge in [-0.3, -0.25) is 4.79 Å². The first kappa shape index (κ1) is 21.5. The maximum atomic E-state index is 13.6. The van der Waals surface area contributed by atoms with Crippen LogP contribution in [0, 0.1) is 6.92 Å². The number of sulfonamides is 1. The van der Waals surface area contributed by atoms with E-state index in [-0.39, 0.29) is 17.9 Å². The van der Waals surface area contributed by atoms with E-state index in [0.29, 0.717) is 30.4 Å². The van der Waals surface area contributed by atoms with Crippen LogP contribution in [-0.2, 0) is 27.8 Å². The highest BCUT2D eigenvalue weighted by atomic mass is 32.2. The summed E-state index contributed by atoms with van der Waals surface area (Å²) < 4.78 is 39.6. The van der Waals surface area contributed by atoms with Gasteiger partial charge in [0.1, 0.15) is 19.3 Å². The van der Waals surface area contributed by atoms with Crippen LogP contribution in [0.4, 0.5) is 5.69 Å². The van der Waals surface area contributed by atoms with Crippen LogP contribution in [0.25, 0.3) is 0 Å². The van der Waals surface area contributed by atoms with Gasteiger partial charge in [-0.15, -0.1) is 0 Å². The van der Waals surface area contributed by atoms with Crippen molar-refractivity contribution in [2.24, 2.45) is 0 Å². The smallest absolute Gasteiger partial charge is 0.244 e. The van der Waals surface area contributed by atoms with E-state index >= 15 is 0 Å². The Kier molecular flexibility index (Phi) is 5.55. The minimum absolute atomic E-state index is 0.131. The topological polar surface area (TPSA) is 84.9 Å². The van der Waals surface area contributed by atoms with Crippen molar-refractivity contribution in [2.45, 2.75) is 30.8 Å². The van der Waals surface area contributed by atoms with Gasteiger partial charge in [0.25, 0.3) is 0 Å². The van der Waals surface area contributed by atoms with E-state index in [2.05, 4.69) is 5.32 Å². The van der Waals surface area contributed by atoms with Crippen LogP contribution in [0.1, 0.15) is 16.7 Å². The molecule has 0 spiro atoms. The van der Waals surface area contributed by atoms with Gasteiger partial charge in [0, 0.05) is 18.3 Å². The van der Waals surface area contributed by atoms with Gasteiger partial charge in [0.2, 0.25) is 15.9 Å². The summed E-state index contributed by atoms with van der Waals surface area (Å²) in [7, 11) is -3.89. The molecule has 1 atom stereocenters. The number of aryl methyl sites for hydroxylation is 1. The van der Waals surface area contributed by atoms with E-state index in [4.69, 9.17) is 9.47 Å². The van der Waals surface area contributed by atoms with Crippen LogP contribution < -0.4 is 14.8 Å². The molecule has 5 rings (SSSR count). The Hall–Kier alpha value is -3.36. The van der Waals surface area contributed by atoms with Gasteiger partial charge in [-0.05, 0) is 48.7 Å². The van der Waals surface area contributed by atoms with Crippen LogP contribution in [0.3, 0.4) is 0 Å². The monoisotopic (exact) mass is 464 g/mol. The second kappa shape index (κ2) is 8.53. The number of carbonyl (C=O) groups is 1. The number of benzene rings is 3. The van der Waals surface area contributed by atoms with Crippen molar-refractivity contribution < 1.29 is 22.7 Å². The van der Waals surface area contributed by atoms with Crippen molar-refractivity contribution in [3.8, 4) is 11.5 Å². The van der Waals surface area contributed by atoms with Crippen LogP contribution in [0.15, 0.2) is 71.6 Å². The van der Waals surface area contributed by atoms with E-state index in [9.17, 15) is 13.2 Å². The second-order valence-corrected chi connectivity index (χ2v) is 10.1. The summed E-state index contributed by atoms with van der Waals surface area (Å²) in [6, 6.07) is 18.6. The van der Waals surface area contributed by atoms with Crippen LogP contribution >= 0.6 is 0 Å².